The zero-order chi connectivity index (χ0) is 18.6. The van der Waals surface area contributed by atoms with Gasteiger partial charge in [-0.2, -0.15) is 0 Å². The maximum Gasteiger partial charge on any atom is 0.227 e. The number of halogens is 1. The molecule has 0 aromatic heterocycles. The van der Waals surface area contributed by atoms with Gasteiger partial charge in [0.15, 0.2) is 11.5 Å². The Morgan fingerprint density at radius 3 is 2.63 bits per heavy atom. The molecule has 6 heteroatoms. The summed E-state index contributed by atoms with van der Waals surface area (Å²) in [5.74, 6) is 1.53. The van der Waals surface area contributed by atoms with Crippen LogP contribution >= 0.6 is 11.6 Å². The van der Waals surface area contributed by atoms with Crippen molar-refractivity contribution in [1.82, 2.24) is 4.90 Å². The van der Waals surface area contributed by atoms with Crippen molar-refractivity contribution in [2.24, 2.45) is 5.92 Å². The molecule has 2 aliphatic rings. The van der Waals surface area contributed by atoms with Gasteiger partial charge in [-0.15, -0.1) is 0 Å². The molecule has 1 fully saturated rings. The van der Waals surface area contributed by atoms with Gasteiger partial charge in [-0.05, 0) is 55.8 Å². The Bertz CT molecular complexity index is 819. The van der Waals surface area contributed by atoms with Crippen LogP contribution in [0.3, 0.4) is 0 Å². The fourth-order valence-corrected chi connectivity index (χ4v) is 3.83. The molecule has 2 aromatic rings. The molecular weight excluding hydrogens is 364 g/mol. The van der Waals surface area contributed by atoms with E-state index in [9.17, 15) is 4.79 Å². The first-order valence-electron chi connectivity index (χ1n) is 9.35. The zero-order valence-electron chi connectivity index (χ0n) is 15.1. The molecule has 0 unspecified atom stereocenters. The summed E-state index contributed by atoms with van der Waals surface area (Å²) in [6.45, 7) is 3.79. The lowest BCUT2D eigenvalue weighted by molar-refractivity contribution is -0.121. The zero-order valence-corrected chi connectivity index (χ0v) is 15.9. The number of likely N-dealkylation sites (tertiary alicyclic amines) is 1. The second kappa shape index (κ2) is 8.19. The number of amides is 1. The Kier molecular flexibility index (Phi) is 5.50. The molecule has 0 saturated carbocycles. The molecule has 4 rings (SSSR count). The van der Waals surface area contributed by atoms with Crippen molar-refractivity contribution >= 4 is 23.2 Å². The van der Waals surface area contributed by atoms with Crippen LogP contribution in [-0.4, -0.2) is 37.1 Å². The van der Waals surface area contributed by atoms with E-state index in [4.69, 9.17) is 21.1 Å². The summed E-state index contributed by atoms with van der Waals surface area (Å²) in [6, 6.07) is 13.5. The fourth-order valence-electron chi connectivity index (χ4n) is 3.61. The highest BCUT2D eigenvalue weighted by molar-refractivity contribution is 6.30. The second-order valence-corrected chi connectivity index (χ2v) is 7.46. The van der Waals surface area contributed by atoms with Crippen molar-refractivity contribution in [3.8, 4) is 11.5 Å². The van der Waals surface area contributed by atoms with Crippen LogP contribution in [0.25, 0.3) is 0 Å². The minimum absolute atomic E-state index is 0.0359. The van der Waals surface area contributed by atoms with Crippen LogP contribution < -0.4 is 14.8 Å². The lowest BCUT2D eigenvalue weighted by Gasteiger charge is -2.31. The van der Waals surface area contributed by atoms with Gasteiger partial charge in [0.25, 0.3) is 0 Å². The van der Waals surface area contributed by atoms with Crippen LogP contribution in [0.1, 0.15) is 18.4 Å². The summed E-state index contributed by atoms with van der Waals surface area (Å²) in [4.78, 5) is 15.0. The number of benzene rings is 2. The first-order chi connectivity index (χ1) is 13.2. The summed E-state index contributed by atoms with van der Waals surface area (Å²) >= 11 is 6.06. The summed E-state index contributed by atoms with van der Waals surface area (Å²) in [7, 11) is 0. The smallest absolute Gasteiger partial charge is 0.227 e. The summed E-state index contributed by atoms with van der Waals surface area (Å²) in [5.41, 5.74) is 1.97. The molecule has 2 heterocycles. The maximum absolute atomic E-state index is 12.6. The molecule has 2 aliphatic heterocycles. The van der Waals surface area contributed by atoms with Gasteiger partial charge < -0.3 is 14.8 Å². The Morgan fingerprint density at radius 1 is 1.07 bits per heavy atom. The Balaban J connectivity index is 1.29. The Labute approximate surface area is 164 Å². The molecule has 0 bridgehead atoms. The highest BCUT2D eigenvalue weighted by Gasteiger charge is 2.25. The summed E-state index contributed by atoms with van der Waals surface area (Å²) in [5, 5.41) is 3.79. The van der Waals surface area contributed by atoms with E-state index in [0.29, 0.717) is 19.0 Å². The van der Waals surface area contributed by atoms with Gasteiger partial charge >= 0.3 is 0 Å². The van der Waals surface area contributed by atoms with Gasteiger partial charge in [0, 0.05) is 29.2 Å². The summed E-state index contributed by atoms with van der Waals surface area (Å²) < 4.78 is 11.1. The predicted molar refractivity (Wildman–Crippen MR) is 106 cm³/mol. The van der Waals surface area contributed by atoms with Gasteiger partial charge in [-0.1, -0.05) is 23.7 Å². The molecule has 1 amide bonds. The lowest BCUT2D eigenvalue weighted by Crippen LogP contribution is -2.37. The highest BCUT2D eigenvalue weighted by Crippen LogP contribution is 2.33. The maximum atomic E-state index is 12.6. The van der Waals surface area contributed by atoms with Crippen LogP contribution in [0.4, 0.5) is 5.69 Å². The number of carbonyl (C=O) groups is 1. The number of ether oxygens (including phenoxy) is 2. The highest BCUT2D eigenvalue weighted by atomic mass is 35.5. The Hall–Kier alpha value is -2.24. The third-order valence-electron chi connectivity index (χ3n) is 5.06. The number of piperidine rings is 1. The molecule has 0 radical (unpaired) electrons. The molecule has 5 nitrogen and oxygen atoms in total. The number of rotatable bonds is 4. The molecule has 0 aliphatic carbocycles. The van der Waals surface area contributed by atoms with Crippen molar-refractivity contribution in [2.45, 2.75) is 19.4 Å². The fraction of sp³-hybridized carbons (Fsp3) is 0.381. The van der Waals surface area contributed by atoms with E-state index in [-0.39, 0.29) is 11.8 Å². The molecule has 1 N–H and O–H groups in total. The number of fused-ring (bicyclic) bond motifs is 1. The first kappa shape index (κ1) is 18.1. The molecule has 27 heavy (non-hydrogen) atoms. The number of hydrogen-bond acceptors (Lipinski definition) is 4. The van der Waals surface area contributed by atoms with Crippen molar-refractivity contribution in [1.29, 1.82) is 0 Å². The molecule has 0 atom stereocenters. The second-order valence-electron chi connectivity index (χ2n) is 7.03. The van der Waals surface area contributed by atoms with Gasteiger partial charge in [0.05, 0.1) is 0 Å². The third-order valence-corrected chi connectivity index (χ3v) is 5.30. The number of carbonyl (C=O) groups excluding carboxylic acids is 1. The van der Waals surface area contributed by atoms with Crippen LogP contribution in [0.5, 0.6) is 11.5 Å². The largest absolute Gasteiger partial charge is 0.486 e. The quantitative estimate of drug-likeness (QED) is 0.864. The van der Waals surface area contributed by atoms with Crippen molar-refractivity contribution < 1.29 is 14.3 Å². The topological polar surface area (TPSA) is 50.8 Å². The van der Waals surface area contributed by atoms with E-state index in [1.54, 1.807) is 0 Å². The standard InChI is InChI=1S/C21H23ClN2O3/c22-17-3-1-2-15(12-17)14-24-8-6-16(7-9-24)21(25)23-18-4-5-19-20(13-18)27-11-10-26-19/h1-5,12-13,16H,6-11,14H2,(H,23,25). The number of anilines is 1. The van der Waals surface area contributed by atoms with E-state index in [0.717, 1.165) is 48.9 Å². The predicted octanol–water partition coefficient (Wildman–Crippen LogP) is 3.96. The van der Waals surface area contributed by atoms with Crippen molar-refractivity contribution in [3.05, 3.63) is 53.1 Å². The average Bonchev–Trinajstić information content (AvgIpc) is 2.68. The SMILES string of the molecule is O=C(Nc1ccc2c(c1)OCCO2)C1CCN(Cc2cccc(Cl)c2)CC1. The molecule has 0 spiro atoms. The van der Waals surface area contributed by atoms with E-state index in [1.807, 2.05) is 36.4 Å². The van der Waals surface area contributed by atoms with Crippen LogP contribution in [0.2, 0.25) is 5.02 Å². The molecule has 2 aromatic carbocycles. The van der Waals surface area contributed by atoms with Gasteiger partial charge in [0.2, 0.25) is 5.91 Å². The van der Waals surface area contributed by atoms with Gasteiger partial charge in [0.1, 0.15) is 13.2 Å². The van der Waals surface area contributed by atoms with E-state index in [1.165, 1.54) is 5.56 Å². The minimum atomic E-state index is 0.0359. The first-order valence-corrected chi connectivity index (χ1v) is 9.72. The summed E-state index contributed by atoms with van der Waals surface area (Å²) in [6.07, 6.45) is 1.72. The normalized spacial score (nSPS) is 17.5. The monoisotopic (exact) mass is 386 g/mol. The van der Waals surface area contributed by atoms with Crippen molar-refractivity contribution in [2.75, 3.05) is 31.6 Å². The Morgan fingerprint density at radius 2 is 1.85 bits per heavy atom. The minimum Gasteiger partial charge on any atom is -0.486 e. The van der Waals surface area contributed by atoms with E-state index in [2.05, 4.69) is 16.3 Å². The van der Waals surface area contributed by atoms with E-state index >= 15 is 0 Å². The molecular formula is C21H23ClN2O3. The van der Waals surface area contributed by atoms with Gasteiger partial charge in [-0.3, -0.25) is 9.69 Å². The van der Waals surface area contributed by atoms with Gasteiger partial charge in [-0.25, -0.2) is 0 Å². The lowest BCUT2D eigenvalue weighted by atomic mass is 9.95. The van der Waals surface area contributed by atoms with Crippen LogP contribution in [-0.2, 0) is 11.3 Å². The van der Waals surface area contributed by atoms with E-state index < -0.39 is 0 Å². The van der Waals surface area contributed by atoms with Crippen LogP contribution in [0.15, 0.2) is 42.5 Å². The van der Waals surface area contributed by atoms with Crippen LogP contribution in [0, 0.1) is 5.92 Å². The third kappa shape index (κ3) is 4.54. The average molecular weight is 387 g/mol. The number of nitrogens with zero attached hydrogens (tertiary/aromatic N) is 1. The molecule has 1 saturated heterocycles. The number of nitrogens with one attached hydrogen (secondary N) is 1. The molecule has 142 valence electrons. The van der Waals surface area contributed by atoms with Crippen molar-refractivity contribution in [3.63, 3.8) is 0 Å². The number of hydrogen-bond donors (Lipinski definition) is 1.